The highest BCUT2D eigenvalue weighted by atomic mass is 16.7. The molecule has 31 heavy (non-hydrogen) atoms. The molecular formula is C19H14N6O6. The zero-order valence-corrected chi connectivity index (χ0v) is 16.0. The van der Waals surface area contributed by atoms with Crippen molar-refractivity contribution in [2.75, 3.05) is 12.1 Å². The SMILES string of the molecule is COc1ccc(N2NOC(=O)/C2=C/N=NC(=O)c2ccc(-[n+]3cc([O-])on3)cc2)cc1. The second-order valence-corrected chi connectivity index (χ2v) is 6.06. The first kappa shape index (κ1) is 19.7. The molecule has 12 nitrogen and oxygen atoms in total. The molecule has 0 spiro atoms. The minimum atomic E-state index is -0.686. The number of nitrogens with zero attached hydrogens (tertiary/aromatic N) is 5. The first-order chi connectivity index (χ1) is 15.0. The number of hydrogen-bond donors (Lipinski definition) is 1. The van der Waals surface area contributed by atoms with E-state index < -0.39 is 17.8 Å². The predicted molar refractivity (Wildman–Crippen MR) is 99.5 cm³/mol. The molecule has 3 aromatic rings. The van der Waals surface area contributed by atoms with Crippen molar-refractivity contribution in [2.45, 2.75) is 0 Å². The van der Waals surface area contributed by atoms with Crippen molar-refractivity contribution in [1.82, 2.24) is 10.9 Å². The third kappa shape index (κ3) is 4.23. The van der Waals surface area contributed by atoms with Gasteiger partial charge in [0.25, 0.3) is 5.91 Å². The number of ether oxygens (including phenoxy) is 1. The van der Waals surface area contributed by atoms with E-state index in [1.807, 2.05) is 0 Å². The highest BCUT2D eigenvalue weighted by Gasteiger charge is 2.29. The number of aromatic nitrogens is 2. The summed E-state index contributed by atoms with van der Waals surface area (Å²) in [5.74, 6) is -1.26. The standard InChI is InChI=1S/C19H14N6O6/c1-29-15-8-6-14(7-9-15)25-16(19(28)31-23-25)10-20-21-18(27)12-2-4-13(5-3-12)24-11-17(26)30-22-24/h2-11,23H,1H3/b16-10-,21-20?. The maximum Gasteiger partial charge on any atom is 0.378 e. The molecule has 1 saturated heterocycles. The summed E-state index contributed by atoms with van der Waals surface area (Å²) in [5.41, 5.74) is 3.84. The van der Waals surface area contributed by atoms with E-state index >= 15 is 0 Å². The Bertz CT molecular complexity index is 1170. The highest BCUT2D eigenvalue weighted by Crippen LogP contribution is 2.24. The normalized spacial score (nSPS) is 14.9. The third-order valence-corrected chi connectivity index (χ3v) is 4.16. The van der Waals surface area contributed by atoms with Crippen LogP contribution in [0.5, 0.6) is 11.7 Å². The second kappa shape index (κ2) is 8.42. The van der Waals surface area contributed by atoms with E-state index in [0.29, 0.717) is 17.1 Å². The topological polar surface area (TPSA) is 146 Å². The fraction of sp³-hybridized carbons (Fsp3) is 0.0526. The van der Waals surface area contributed by atoms with Crippen LogP contribution in [-0.4, -0.2) is 24.3 Å². The van der Waals surface area contributed by atoms with Gasteiger partial charge in [-0.2, -0.15) is 5.11 Å². The van der Waals surface area contributed by atoms with E-state index in [-0.39, 0.29) is 11.3 Å². The quantitative estimate of drug-likeness (QED) is 0.361. The zero-order chi connectivity index (χ0) is 21.8. The summed E-state index contributed by atoms with van der Waals surface area (Å²) < 4.78 is 10.8. The molecule has 1 N–H and O–H groups in total. The molecule has 2 heterocycles. The van der Waals surface area contributed by atoms with Crippen molar-refractivity contribution in [3.63, 3.8) is 0 Å². The van der Waals surface area contributed by atoms with E-state index in [0.717, 1.165) is 12.4 Å². The van der Waals surface area contributed by atoms with Gasteiger partial charge >= 0.3 is 5.97 Å². The van der Waals surface area contributed by atoms with Crippen LogP contribution in [0.25, 0.3) is 5.69 Å². The largest absolute Gasteiger partial charge is 0.539 e. The van der Waals surface area contributed by atoms with E-state index in [2.05, 4.69) is 25.6 Å². The lowest BCUT2D eigenvalue weighted by molar-refractivity contribution is -0.670. The summed E-state index contributed by atoms with van der Waals surface area (Å²) in [4.78, 5) is 29.0. The third-order valence-electron chi connectivity index (χ3n) is 4.16. The first-order valence-corrected chi connectivity index (χ1v) is 8.77. The van der Waals surface area contributed by atoms with Gasteiger partial charge in [0.05, 0.1) is 24.3 Å². The number of benzene rings is 2. The highest BCUT2D eigenvalue weighted by molar-refractivity contribution is 5.95. The Balaban J connectivity index is 1.47. The molecule has 1 aromatic heterocycles. The molecule has 0 atom stereocenters. The van der Waals surface area contributed by atoms with Crippen LogP contribution in [-0.2, 0) is 9.63 Å². The lowest BCUT2D eigenvalue weighted by atomic mass is 10.2. The number of carbonyl (C=O) groups excluding carboxylic acids is 2. The number of amides is 1. The van der Waals surface area contributed by atoms with Crippen LogP contribution in [0.1, 0.15) is 10.4 Å². The molecule has 0 aliphatic carbocycles. The molecule has 0 saturated carbocycles. The number of hydrogen-bond acceptors (Lipinski definition) is 10. The maximum atomic E-state index is 12.2. The fourth-order valence-corrected chi connectivity index (χ4v) is 2.62. The van der Waals surface area contributed by atoms with E-state index in [1.54, 1.807) is 43.5 Å². The van der Waals surface area contributed by atoms with Crippen LogP contribution in [0.15, 0.2) is 81.4 Å². The van der Waals surface area contributed by atoms with E-state index in [9.17, 15) is 14.7 Å². The summed E-state index contributed by atoms with van der Waals surface area (Å²) >= 11 is 0. The average molecular weight is 422 g/mol. The van der Waals surface area contributed by atoms with Crippen LogP contribution in [0.4, 0.5) is 5.69 Å². The Labute approximate surface area is 174 Å². The van der Waals surface area contributed by atoms with E-state index in [4.69, 9.17) is 9.57 Å². The summed E-state index contributed by atoms with van der Waals surface area (Å²) in [5, 5.41) is 23.2. The lowest BCUT2D eigenvalue weighted by Gasteiger charge is -2.14. The maximum absolute atomic E-state index is 12.2. The Morgan fingerprint density at radius 2 is 1.97 bits per heavy atom. The average Bonchev–Trinajstić information content (AvgIpc) is 3.39. The number of hydrazine groups is 1. The van der Waals surface area contributed by atoms with Gasteiger partial charge < -0.3 is 19.2 Å². The number of anilines is 1. The van der Waals surface area contributed by atoms with Crippen LogP contribution in [0.2, 0.25) is 0 Å². The molecule has 0 bridgehead atoms. The molecule has 0 unspecified atom stereocenters. The van der Waals surface area contributed by atoms with Crippen molar-refractivity contribution in [2.24, 2.45) is 10.2 Å². The summed E-state index contributed by atoms with van der Waals surface area (Å²) in [6, 6.07) is 12.9. The Morgan fingerprint density at radius 3 is 2.61 bits per heavy atom. The molecule has 1 fully saturated rings. The lowest BCUT2D eigenvalue weighted by Crippen LogP contribution is -2.31. The van der Waals surface area contributed by atoms with Crippen molar-refractivity contribution < 1.29 is 33.5 Å². The zero-order valence-electron chi connectivity index (χ0n) is 16.0. The van der Waals surface area contributed by atoms with Gasteiger partial charge in [-0.1, -0.05) is 5.59 Å². The number of carbonyl (C=O) groups is 2. The minimum absolute atomic E-state index is 0.0351. The molecule has 0 radical (unpaired) electrons. The number of azo groups is 1. The summed E-state index contributed by atoms with van der Waals surface area (Å²) in [6.45, 7) is 0. The van der Waals surface area contributed by atoms with Crippen LogP contribution >= 0.6 is 0 Å². The van der Waals surface area contributed by atoms with E-state index in [1.165, 1.54) is 21.8 Å². The molecular weight excluding hydrogens is 408 g/mol. The van der Waals surface area contributed by atoms with Crippen LogP contribution in [0, 0.1) is 0 Å². The smallest absolute Gasteiger partial charge is 0.378 e. The Hall–Kier alpha value is -4.58. The van der Waals surface area contributed by atoms with Crippen molar-refractivity contribution in [3.05, 3.63) is 72.2 Å². The summed E-state index contributed by atoms with van der Waals surface area (Å²) in [6.07, 6.45) is 2.27. The van der Waals surface area contributed by atoms with Gasteiger partial charge in [-0.15, -0.1) is 5.11 Å². The van der Waals surface area contributed by atoms with Gasteiger partial charge in [0.15, 0.2) is 5.70 Å². The van der Waals surface area contributed by atoms with Crippen molar-refractivity contribution in [1.29, 1.82) is 0 Å². The summed E-state index contributed by atoms with van der Waals surface area (Å²) in [7, 11) is 1.54. The molecule has 1 aliphatic rings. The van der Waals surface area contributed by atoms with Gasteiger partial charge in [-0.05, 0) is 41.1 Å². The predicted octanol–water partition coefficient (Wildman–Crippen LogP) is 0.950. The van der Waals surface area contributed by atoms with Crippen LogP contribution < -0.4 is 25.1 Å². The van der Waals surface area contributed by atoms with Gasteiger partial charge in [-0.3, -0.25) is 4.79 Å². The van der Waals surface area contributed by atoms with Gasteiger partial charge in [-0.25, -0.2) is 9.80 Å². The molecule has 4 rings (SSSR count). The van der Waals surface area contributed by atoms with Gasteiger partial charge in [0.1, 0.15) is 11.7 Å². The van der Waals surface area contributed by atoms with Crippen molar-refractivity contribution in [3.8, 4) is 17.4 Å². The van der Waals surface area contributed by atoms with Gasteiger partial charge in [0, 0.05) is 17.7 Å². The van der Waals surface area contributed by atoms with Crippen molar-refractivity contribution >= 4 is 17.6 Å². The first-order valence-electron chi connectivity index (χ1n) is 8.77. The fourth-order valence-electron chi connectivity index (χ4n) is 2.62. The Morgan fingerprint density at radius 1 is 1.23 bits per heavy atom. The second-order valence-electron chi connectivity index (χ2n) is 6.06. The molecule has 12 heteroatoms. The number of nitrogens with one attached hydrogen (secondary N) is 1. The monoisotopic (exact) mass is 422 g/mol. The Kier molecular flexibility index (Phi) is 5.36. The van der Waals surface area contributed by atoms with Gasteiger partial charge in [0.2, 0.25) is 11.9 Å². The number of methoxy groups -OCH3 is 1. The van der Waals surface area contributed by atoms with Crippen LogP contribution in [0.3, 0.4) is 0 Å². The molecule has 2 aromatic carbocycles. The molecule has 1 amide bonds. The minimum Gasteiger partial charge on any atom is -0.539 e. The molecule has 156 valence electrons. The number of rotatable bonds is 5. The molecule has 1 aliphatic heterocycles.